The SMILES string of the molecule is Cc1ccn2c(C=O)c(-c3cc(Cl)sc3Cl)cc2c1. The van der Waals surface area contributed by atoms with Crippen molar-refractivity contribution in [2.75, 3.05) is 0 Å². The minimum Gasteiger partial charge on any atom is -0.314 e. The van der Waals surface area contributed by atoms with Crippen LogP contribution in [0, 0.1) is 6.92 Å². The number of halogens is 2. The molecule has 0 amide bonds. The molecule has 0 saturated carbocycles. The molecule has 3 aromatic heterocycles. The number of aryl methyl sites for hydroxylation is 1. The first-order chi connectivity index (χ1) is 9.10. The second-order valence-corrected chi connectivity index (χ2v) is 6.58. The fraction of sp³-hybridized carbons (Fsp3) is 0.0714. The number of hydrogen-bond acceptors (Lipinski definition) is 2. The second kappa shape index (κ2) is 4.67. The van der Waals surface area contributed by atoms with Crippen LogP contribution in [0.1, 0.15) is 16.1 Å². The van der Waals surface area contributed by atoms with Gasteiger partial charge in [0.1, 0.15) is 4.34 Å². The van der Waals surface area contributed by atoms with Crippen molar-refractivity contribution in [1.82, 2.24) is 4.40 Å². The van der Waals surface area contributed by atoms with E-state index in [-0.39, 0.29) is 0 Å². The van der Waals surface area contributed by atoms with E-state index in [4.69, 9.17) is 23.2 Å². The van der Waals surface area contributed by atoms with E-state index < -0.39 is 0 Å². The predicted octanol–water partition coefficient (Wildman–Crippen LogP) is 5.10. The standard InChI is InChI=1S/C14H9Cl2NOS/c1-8-2-3-17-9(4-8)5-10(12(17)7-18)11-6-13(15)19-14(11)16/h2-7H,1H3. The van der Waals surface area contributed by atoms with Gasteiger partial charge >= 0.3 is 0 Å². The van der Waals surface area contributed by atoms with Crippen LogP contribution in [0.5, 0.6) is 0 Å². The lowest BCUT2D eigenvalue weighted by atomic mass is 10.1. The molecule has 0 radical (unpaired) electrons. The number of nitrogens with zero attached hydrogens (tertiary/aromatic N) is 1. The van der Waals surface area contributed by atoms with Crippen LogP contribution in [-0.2, 0) is 0 Å². The number of aromatic nitrogens is 1. The average Bonchev–Trinajstić information content (AvgIpc) is 2.88. The molecular weight excluding hydrogens is 301 g/mol. The summed E-state index contributed by atoms with van der Waals surface area (Å²) in [7, 11) is 0. The molecule has 0 atom stereocenters. The minimum absolute atomic E-state index is 0.589. The van der Waals surface area contributed by atoms with Crippen LogP contribution in [0.15, 0.2) is 30.5 Å². The zero-order valence-corrected chi connectivity index (χ0v) is 12.3. The summed E-state index contributed by atoms with van der Waals surface area (Å²) in [5.41, 5.74) is 4.32. The van der Waals surface area contributed by atoms with Crippen LogP contribution in [0.4, 0.5) is 0 Å². The van der Waals surface area contributed by atoms with Gasteiger partial charge in [-0.25, -0.2) is 0 Å². The highest BCUT2D eigenvalue weighted by Gasteiger charge is 2.16. The van der Waals surface area contributed by atoms with E-state index in [1.54, 1.807) is 6.07 Å². The number of rotatable bonds is 2. The summed E-state index contributed by atoms with van der Waals surface area (Å²) in [5.74, 6) is 0. The highest BCUT2D eigenvalue weighted by molar-refractivity contribution is 7.20. The maximum atomic E-state index is 11.4. The molecule has 5 heteroatoms. The molecule has 2 nitrogen and oxygen atoms in total. The van der Waals surface area contributed by atoms with Crippen LogP contribution in [0.25, 0.3) is 16.6 Å². The van der Waals surface area contributed by atoms with Crippen molar-refractivity contribution in [2.24, 2.45) is 0 Å². The van der Waals surface area contributed by atoms with Gasteiger partial charge in [-0.15, -0.1) is 11.3 Å². The van der Waals surface area contributed by atoms with Crippen molar-refractivity contribution < 1.29 is 4.79 Å². The number of hydrogen-bond donors (Lipinski definition) is 0. The highest BCUT2D eigenvalue weighted by atomic mass is 35.5. The third-order valence-electron chi connectivity index (χ3n) is 3.03. The van der Waals surface area contributed by atoms with Crippen molar-refractivity contribution >= 4 is 46.3 Å². The Kier molecular flexibility index (Phi) is 3.13. The third-order valence-corrected chi connectivity index (χ3v) is 4.51. The van der Waals surface area contributed by atoms with Crippen molar-refractivity contribution in [1.29, 1.82) is 0 Å². The van der Waals surface area contributed by atoms with E-state index in [9.17, 15) is 4.79 Å². The number of pyridine rings is 1. The summed E-state index contributed by atoms with van der Waals surface area (Å²) < 4.78 is 3.07. The average molecular weight is 310 g/mol. The van der Waals surface area contributed by atoms with E-state index in [1.165, 1.54) is 11.3 Å². The fourth-order valence-corrected chi connectivity index (χ4v) is 3.66. The summed E-state index contributed by atoms with van der Waals surface area (Å²) in [4.78, 5) is 11.4. The van der Waals surface area contributed by atoms with Crippen LogP contribution in [0.2, 0.25) is 8.67 Å². The maximum Gasteiger partial charge on any atom is 0.167 e. The Morgan fingerprint density at radius 1 is 1.21 bits per heavy atom. The molecular formula is C14H9Cl2NOS. The molecule has 3 heterocycles. The van der Waals surface area contributed by atoms with Gasteiger partial charge in [0.2, 0.25) is 0 Å². The largest absolute Gasteiger partial charge is 0.314 e. The minimum atomic E-state index is 0.589. The Morgan fingerprint density at radius 2 is 2.00 bits per heavy atom. The molecule has 0 aromatic carbocycles. The molecule has 3 rings (SSSR count). The van der Waals surface area contributed by atoms with Gasteiger partial charge < -0.3 is 4.40 Å². The van der Waals surface area contributed by atoms with Gasteiger partial charge in [0, 0.05) is 22.8 Å². The number of fused-ring (bicyclic) bond motifs is 1. The number of thiophene rings is 1. The molecule has 0 saturated heterocycles. The third kappa shape index (κ3) is 2.08. The Hall–Kier alpha value is -1.29. The second-order valence-electron chi connectivity index (χ2n) is 4.30. The maximum absolute atomic E-state index is 11.4. The highest BCUT2D eigenvalue weighted by Crippen LogP contribution is 2.40. The molecule has 0 N–H and O–H groups in total. The predicted molar refractivity (Wildman–Crippen MR) is 80.9 cm³/mol. The Labute approximate surface area is 124 Å². The summed E-state index contributed by atoms with van der Waals surface area (Å²) in [6.45, 7) is 2.02. The first-order valence-electron chi connectivity index (χ1n) is 5.62. The van der Waals surface area contributed by atoms with E-state index in [2.05, 4.69) is 0 Å². The number of aldehydes is 1. The van der Waals surface area contributed by atoms with Crippen LogP contribution in [0.3, 0.4) is 0 Å². The van der Waals surface area contributed by atoms with Gasteiger partial charge in [-0.1, -0.05) is 23.2 Å². The topological polar surface area (TPSA) is 21.5 Å². The lowest BCUT2D eigenvalue weighted by Crippen LogP contribution is -1.92. The summed E-state index contributed by atoms with van der Waals surface area (Å²) >= 11 is 13.5. The van der Waals surface area contributed by atoms with Gasteiger partial charge in [-0.05, 0) is 36.8 Å². The first-order valence-corrected chi connectivity index (χ1v) is 7.19. The van der Waals surface area contributed by atoms with Gasteiger partial charge in [0.25, 0.3) is 0 Å². The van der Waals surface area contributed by atoms with Gasteiger partial charge in [-0.2, -0.15) is 0 Å². The van der Waals surface area contributed by atoms with Crippen LogP contribution in [-0.4, -0.2) is 10.7 Å². The Balaban J connectivity index is 2.34. The molecule has 0 aliphatic carbocycles. The zero-order chi connectivity index (χ0) is 13.6. The fourth-order valence-electron chi connectivity index (χ4n) is 2.17. The first kappa shape index (κ1) is 12.7. The van der Waals surface area contributed by atoms with Crippen LogP contribution < -0.4 is 0 Å². The number of carbonyl (C=O) groups excluding carboxylic acids is 1. The molecule has 0 bridgehead atoms. The summed E-state index contributed by atoms with van der Waals surface area (Å²) in [6.07, 6.45) is 2.74. The van der Waals surface area contributed by atoms with E-state index >= 15 is 0 Å². The normalized spacial score (nSPS) is 11.1. The van der Waals surface area contributed by atoms with Crippen molar-refractivity contribution in [3.8, 4) is 11.1 Å². The quantitative estimate of drug-likeness (QED) is 0.604. The summed E-state index contributed by atoms with van der Waals surface area (Å²) in [6, 6.07) is 7.74. The smallest absolute Gasteiger partial charge is 0.167 e. The molecule has 0 unspecified atom stereocenters. The van der Waals surface area contributed by atoms with E-state index in [1.807, 2.05) is 35.7 Å². The van der Waals surface area contributed by atoms with Crippen molar-refractivity contribution in [3.63, 3.8) is 0 Å². The molecule has 3 aromatic rings. The van der Waals surface area contributed by atoms with Gasteiger partial charge in [-0.3, -0.25) is 4.79 Å². The lowest BCUT2D eigenvalue weighted by molar-refractivity contribution is 0.111. The Bertz CT molecular complexity index is 788. The van der Waals surface area contributed by atoms with E-state index in [0.29, 0.717) is 14.4 Å². The zero-order valence-electron chi connectivity index (χ0n) is 9.98. The van der Waals surface area contributed by atoms with Gasteiger partial charge in [0.05, 0.1) is 10.0 Å². The van der Waals surface area contributed by atoms with Crippen molar-refractivity contribution in [2.45, 2.75) is 6.92 Å². The molecule has 0 aliphatic heterocycles. The molecule has 0 aliphatic rings. The molecule has 0 spiro atoms. The molecule has 0 fully saturated rings. The molecule has 19 heavy (non-hydrogen) atoms. The number of carbonyl (C=O) groups is 1. The summed E-state index contributed by atoms with van der Waals surface area (Å²) in [5, 5.41) is 0. The monoisotopic (exact) mass is 309 g/mol. The van der Waals surface area contributed by atoms with E-state index in [0.717, 1.165) is 28.5 Å². The van der Waals surface area contributed by atoms with Crippen molar-refractivity contribution in [3.05, 3.63) is 50.4 Å². The van der Waals surface area contributed by atoms with Crippen LogP contribution >= 0.6 is 34.5 Å². The van der Waals surface area contributed by atoms with Gasteiger partial charge in [0.15, 0.2) is 6.29 Å². The lowest BCUT2D eigenvalue weighted by Gasteiger charge is -1.99. The molecule has 96 valence electrons. The Morgan fingerprint density at radius 3 is 2.63 bits per heavy atom.